The van der Waals surface area contributed by atoms with E-state index in [-0.39, 0.29) is 10.8 Å². The molecular weight excluding hydrogens is 472 g/mol. The van der Waals surface area contributed by atoms with Crippen LogP contribution < -0.4 is 0 Å². The van der Waals surface area contributed by atoms with Gasteiger partial charge in [-0.2, -0.15) is 0 Å². The summed E-state index contributed by atoms with van der Waals surface area (Å²) in [5, 5.41) is 31.6. The van der Waals surface area contributed by atoms with Crippen LogP contribution in [-0.2, 0) is 11.8 Å². The molecule has 5 rings (SSSR count). The van der Waals surface area contributed by atoms with Gasteiger partial charge < -0.3 is 19.7 Å². The molecule has 3 N–H and O–H groups in total. The fourth-order valence-corrected chi connectivity index (χ4v) is 8.09. The van der Waals surface area contributed by atoms with Gasteiger partial charge in [0.15, 0.2) is 0 Å². The first-order valence-electron chi connectivity index (χ1n) is 15.1. The van der Waals surface area contributed by atoms with Gasteiger partial charge in [-0.3, -0.25) is 0 Å². The van der Waals surface area contributed by atoms with Crippen molar-refractivity contribution < 1.29 is 19.7 Å². The zero-order valence-electron chi connectivity index (χ0n) is 23.7. The van der Waals surface area contributed by atoms with E-state index in [1.54, 1.807) is 0 Å². The monoisotopic (exact) mass is 520 g/mol. The minimum absolute atomic E-state index is 0.233. The number of furan rings is 1. The number of aliphatic hydroxyl groups is 3. The summed E-state index contributed by atoms with van der Waals surface area (Å²) < 4.78 is 5.92. The third-order valence-corrected chi connectivity index (χ3v) is 10.6. The molecule has 7 atom stereocenters. The van der Waals surface area contributed by atoms with E-state index >= 15 is 0 Å². The van der Waals surface area contributed by atoms with Crippen LogP contribution in [0.5, 0.6) is 0 Å². The first-order chi connectivity index (χ1) is 18.2. The lowest BCUT2D eigenvalue weighted by molar-refractivity contribution is 0.0862. The summed E-state index contributed by atoms with van der Waals surface area (Å²) >= 11 is 0. The molecule has 38 heavy (non-hydrogen) atoms. The lowest BCUT2D eigenvalue weighted by Gasteiger charge is -2.44. The molecule has 0 unspecified atom stereocenters. The zero-order chi connectivity index (χ0) is 27.1. The molecule has 4 aliphatic carbocycles. The van der Waals surface area contributed by atoms with Crippen molar-refractivity contribution in [3.8, 4) is 0 Å². The Kier molecular flexibility index (Phi) is 7.97. The van der Waals surface area contributed by atoms with Crippen LogP contribution in [0.25, 0.3) is 0 Å². The lowest BCUT2D eigenvalue weighted by atomic mass is 9.61. The number of rotatable bonds is 8. The fraction of sp³-hybridized carbons (Fsp3) is 0.647. The topological polar surface area (TPSA) is 73.8 Å². The lowest BCUT2D eigenvalue weighted by Crippen LogP contribution is -2.35. The van der Waals surface area contributed by atoms with Crippen molar-refractivity contribution in [1.82, 2.24) is 0 Å². The Labute approximate surface area is 229 Å². The van der Waals surface area contributed by atoms with Gasteiger partial charge in [0.2, 0.25) is 0 Å². The average Bonchev–Trinajstić information content (AvgIpc) is 3.42. The van der Waals surface area contributed by atoms with E-state index in [0.29, 0.717) is 30.6 Å². The SMILES string of the molecule is C=C1/C(=C\C=C2/CCC[C@]3(C)[C@@H]([C@H](C)/C=C/[C@@H](O)C4(c5cc(CCC)co5)CC4)CC[C@@H]23)C[C@@H](O)C[C@@H]1O. The van der Waals surface area contributed by atoms with Gasteiger partial charge in [0.25, 0.3) is 0 Å². The van der Waals surface area contributed by atoms with Crippen molar-refractivity contribution in [2.24, 2.45) is 23.2 Å². The summed E-state index contributed by atoms with van der Waals surface area (Å²) in [6, 6.07) is 2.16. The van der Waals surface area contributed by atoms with Crippen LogP contribution in [0.1, 0.15) is 96.3 Å². The Hall–Kier alpha value is -1.88. The summed E-state index contributed by atoms with van der Waals surface area (Å²) in [6.45, 7) is 11.1. The van der Waals surface area contributed by atoms with Crippen LogP contribution >= 0.6 is 0 Å². The Morgan fingerprint density at radius 1 is 1.16 bits per heavy atom. The molecule has 1 heterocycles. The predicted octanol–water partition coefficient (Wildman–Crippen LogP) is 6.96. The van der Waals surface area contributed by atoms with Gasteiger partial charge in [-0.25, -0.2) is 0 Å². The molecule has 4 heteroatoms. The highest BCUT2D eigenvalue weighted by Gasteiger charge is 2.53. The second-order valence-electron chi connectivity index (χ2n) is 13.1. The quantitative estimate of drug-likeness (QED) is 0.324. The standard InChI is InChI=1S/C34H48O4/c1-5-7-24-18-32(38-21-24)34(16-17-34)31(37)14-9-22(2)28-12-13-29-25(8-6-15-33(28,29)4)10-11-26-19-27(35)20-30(36)23(26)3/h9-11,14,18,21-22,27-31,35-37H,3,5-8,12-13,15-17,19-20H2,1-2,4H3/b14-9+,25-10+,26-11-/t22-,27-,28-,29+,30+,31-,33-/m1/s1. The molecule has 4 fully saturated rings. The summed E-state index contributed by atoms with van der Waals surface area (Å²) in [6.07, 6.45) is 20.1. The van der Waals surface area contributed by atoms with E-state index in [2.05, 4.69) is 57.7 Å². The molecule has 0 aromatic carbocycles. The molecular formula is C34H48O4. The molecule has 4 aliphatic rings. The van der Waals surface area contributed by atoms with Gasteiger partial charge in [0, 0.05) is 6.42 Å². The Morgan fingerprint density at radius 2 is 1.95 bits per heavy atom. The summed E-state index contributed by atoms with van der Waals surface area (Å²) in [5.41, 5.74) is 4.53. The van der Waals surface area contributed by atoms with E-state index in [4.69, 9.17) is 4.42 Å². The van der Waals surface area contributed by atoms with Gasteiger partial charge >= 0.3 is 0 Å². The van der Waals surface area contributed by atoms with E-state index < -0.39 is 18.3 Å². The molecule has 0 amide bonds. The van der Waals surface area contributed by atoms with Crippen LogP contribution in [0.2, 0.25) is 0 Å². The summed E-state index contributed by atoms with van der Waals surface area (Å²) in [5.74, 6) is 2.52. The van der Waals surface area contributed by atoms with E-state index in [1.165, 1.54) is 36.8 Å². The zero-order valence-corrected chi connectivity index (χ0v) is 23.7. The average molecular weight is 521 g/mol. The van der Waals surface area contributed by atoms with Crippen LogP contribution in [-0.4, -0.2) is 33.6 Å². The minimum atomic E-state index is -0.639. The largest absolute Gasteiger partial charge is 0.468 e. The third-order valence-electron chi connectivity index (χ3n) is 10.6. The smallest absolute Gasteiger partial charge is 0.113 e. The van der Waals surface area contributed by atoms with Crippen molar-refractivity contribution in [1.29, 1.82) is 0 Å². The highest BCUT2D eigenvalue weighted by Crippen LogP contribution is 2.60. The number of allylic oxidation sites excluding steroid dienone is 4. The fourth-order valence-electron chi connectivity index (χ4n) is 8.09. The van der Waals surface area contributed by atoms with Gasteiger partial charge in [0.1, 0.15) is 5.76 Å². The maximum atomic E-state index is 11.2. The van der Waals surface area contributed by atoms with E-state index in [0.717, 1.165) is 49.0 Å². The maximum absolute atomic E-state index is 11.2. The maximum Gasteiger partial charge on any atom is 0.113 e. The van der Waals surface area contributed by atoms with Crippen molar-refractivity contribution >= 4 is 0 Å². The van der Waals surface area contributed by atoms with Crippen LogP contribution in [0.4, 0.5) is 0 Å². The predicted molar refractivity (Wildman–Crippen MR) is 153 cm³/mol. The van der Waals surface area contributed by atoms with Crippen molar-refractivity contribution in [3.63, 3.8) is 0 Å². The summed E-state index contributed by atoms with van der Waals surface area (Å²) in [4.78, 5) is 0. The minimum Gasteiger partial charge on any atom is -0.468 e. The second kappa shape index (κ2) is 10.9. The molecule has 0 radical (unpaired) electrons. The number of hydrogen-bond acceptors (Lipinski definition) is 4. The molecule has 1 aromatic heterocycles. The summed E-state index contributed by atoms with van der Waals surface area (Å²) in [7, 11) is 0. The number of aryl methyl sites for hydroxylation is 1. The van der Waals surface area contributed by atoms with Gasteiger partial charge in [-0.1, -0.05) is 63.6 Å². The Morgan fingerprint density at radius 3 is 2.68 bits per heavy atom. The van der Waals surface area contributed by atoms with Crippen LogP contribution in [0.15, 0.2) is 64.3 Å². The second-order valence-corrected chi connectivity index (χ2v) is 13.1. The van der Waals surface area contributed by atoms with Crippen LogP contribution in [0, 0.1) is 23.2 Å². The Balaban J connectivity index is 1.27. The molecule has 1 aromatic rings. The van der Waals surface area contributed by atoms with Gasteiger partial charge in [-0.15, -0.1) is 0 Å². The first kappa shape index (κ1) is 27.7. The molecule has 0 spiro atoms. The molecule has 4 nitrogen and oxygen atoms in total. The van der Waals surface area contributed by atoms with Crippen molar-refractivity contribution in [2.45, 2.75) is 115 Å². The highest BCUT2D eigenvalue weighted by atomic mass is 16.3. The van der Waals surface area contributed by atoms with Crippen molar-refractivity contribution in [2.75, 3.05) is 0 Å². The van der Waals surface area contributed by atoms with E-state index in [9.17, 15) is 15.3 Å². The molecule has 208 valence electrons. The van der Waals surface area contributed by atoms with Crippen molar-refractivity contribution in [3.05, 3.63) is 71.3 Å². The number of hydrogen-bond donors (Lipinski definition) is 3. The first-order valence-corrected chi connectivity index (χ1v) is 15.1. The van der Waals surface area contributed by atoms with Gasteiger partial charge in [-0.05, 0) is 104 Å². The normalized spacial score (nSPS) is 36.6. The molecule has 4 saturated carbocycles. The Bertz CT molecular complexity index is 1100. The van der Waals surface area contributed by atoms with Gasteiger partial charge in [0.05, 0.1) is 30.0 Å². The van der Waals surface area contributed by atoms with Crippen LogP contribution in [0.3, 0.4) is 0 Å². The number of aliphatic hydroxyl groups excluding tert-OH is 3. The molecule has 0 aliphatic heterocycles. The number of fused-ring (bicyclic) bond motifs is 1. The third kappa shape index (κ3) is 5.17. The molecule has 0 saturated heterocycles. The van der Waals surface area contributed by atoms with E-state index in [1.807, 2.05) is 6.26 Å². The molecule has 0 bridgehead atoms. The highest BCUT2D eigenvalue weighted by molar-refractivity contribution is 5.39.